The molecule has 25 heavy (non-hydrogen) atoms. The number of benzene rings is 2. The maximum absolute atomic E-state index is 13.0. The Morgan fingerprint density at radius 1 is 0.960 bits per heavy atom. The highest BCUT2D eigenvalue weighted by Gasteiger charge is 2.57. The normalized spacial score (nSPS) is 16.6. The standard InChI is InChI=1S/C21H19ClO3/c1-2-8-15(23)13-18(14-9-4-3-5-10-14)21(22)19(24)16-11-6-7-12-17(16)20(21)25/h3-7,9-12,18H,2,8,13H2,1H3. The molecule has 1 atom stereocenters. The molecule has 0 N–H and O–H groups in total. The van der Waals surface area contributed by atoms with Crippen LogP contribution in [0.15, 0.2) is 54.6 Å². The lowest BCUT2D eigenvalue weighted by molar-refractivity contribution is -0.119. The van der Waals surface area contributed by atoms with Crippen LogP contribution >= 0.6 is 11.6 Å². The Bertz CT molecular complexity index is 791. The quantitative estimate of drug-likeness (QED) is 0.563. The van der Waals surface area contributed by atoms with Crippen molar-refractivity contribution in [2.75, 3.05) is 0 Å². The summed E-state index contributed by atoms with van der Waals surface area (Å²) in [5.41, 5.74) is 1.41. The topological polar surface area (TPSA) is 51.2 Å². The lowest BCUT2D eigenvalue weighted by Crippen LogP contribution is -2.42. The van der Waals surface area contributed by atoms with Crippen LogP contribution < -0.4 is 0 Å². The second-order valence-corrected chi connectivity index (χ2v) is 6.97. The molecule has 0 aliphatic heterocycles. The summed E-state index contributed by atoms with van der Waals surface area (Å²) in [5, 5.41) is 0. The Morgan fingerprint density at radius 2 is 1.48 bits per heavy atom. The Labute approximate surface area is 152 Å². The highest BCUT2D eigenvalue weighted by Crippen LogP contribution is 2.46. The van der Waals surface area contributed by atoms with Crippen molar-refractivity contribution < 1.29 is 14.4 Å². The Balaban J connectivity index is 2.08. The minimum Gasteiger partial charge on any atom is -0.300 e. The molecule has 0 aromatic heterocycles. The number of hydrogen-bond acceptors (Lipinski definition) is 3. The van der Waals surface area contributed by atoms with Crippen molar-refractivity contribution in [3.05, 3.63) is 71.3 Å². The first-order valence-electron chi connectivity index (χ1n) is 8.44. The molecule has 2 aromatic rings. The average Bonchev–Trinajstić information content (AvgIpc) is 2.83. The first-order chi connectivity index (χ1) is 12.0. The molecule has 0 amide bonds. The maximum atomic E-state index is 13.0. The molecule has 0 heterocycles. The molecule has 0 radical (unpaired) electrons. The Hall–Kier alpha value is -2.26. The third-order valence-electron chi connectivity index (χ3n) is 4.72. The summed E-state index contributed by atoms with van der Waals surface area (Å²) in [7, 11) is 0. The molecule has 4 heteroatoms. The predicted octanol–water partition coefficient (Wildman–Crippen LogP) is 4.59. The van der Waals surface area contributed by atoms with E-state index in [4.69, 9.17) is 11.6 Å². The zero-order valence-electron chi connectivity index (χ0n) is 14.0. The van der Waals surface area contributed by atoms with Crippen LogP contribution in [0.25, 0.3) is 0 Å². The van der Waals surface area contributed by atoms with E-state index >= 15 is 0 Å². The van der Waals surface area contributed by atoms with E-state index in [2.05, 4.69) is 0 Å². The lowest BCUT2D eigenvalue weighted by atomic mass is 9.78. The zero-order valence-corrected chi connectivity index (χ0v) is 14.8. The smallest absolute Gasteiger partial charge is 0.193 e. The molecule has 3 rings (SSSR count). The van der Waals surface area contributed by atoms with Gasteiger partial charge in [0.1, 0.15) is 5.78 Å². The van der Waals surface area contributed by atoms with Crippen molar-refractivity contribution in [3.63, 3.8) is 0 Å². The molecule has 0 spiro atoms. The predicted molar refractivity (Wildman–Crippen MR) is 97.4 cm³/mol. The molecule has 3 nitrogen and oxygen atoms in total. The summed E-state index contributed by atoms with van der Waals surface area (Å²) in [5.74, 6) is -1.49. The van der Waals surface area contributed by atoms with E-state index in [9.17, 15) is 14.4 Å². The fourth-order valence-electron chi connectivity index (χ4n) is 3.47. The van der Waals surface area contributed by atoms with Crippen LogP contribution in [0.5, 0.6) is 0 Å². The minimum absolute atomic E-state index is 0.00735. The van der Waals surface area contributed by atoms with Gasteiger partial charge in [0.25, 0.3) is 0 Å². The van der Waals surface area contributed by atoms with Gasteiger partial charge in [-0.1, -0.05) is 61.5 Å². The van der Waals surface area contributed by atoms with Gasteiger partial charge in [-0.25, -0.2) is 0 Å². The van der Waals surface area contributed by atoms with E-state index in [1.165, 1.54) is 0 Å². The summed E-state index contributed by atoms with van der Waals surface area (Å²) < 4.78 is 0. The van der Waals surface area contributed by atoms with Crippen LogP contribution in [-0.2, 0) is 4.79 Å². The summed E-state index contributed by atoms with van der Waals surface area (Å²) in [6.07, 6.45) is 1.20. The number of Topliss-reactive ketones (excluding diaryl/α,β-unsaturated/α-hetero) is 3. The molecule has 0 bridgehead atoms. The Morgan fingerprint density at radius 3 is 2.00 bits per heavy atom. The number of ketones is 3. The number of fused-ring (bicyclic) bond motifs is 1. The summed E-state index contributed by atoms with van der Waals surface area (Å²) >= 11 is 6.73. The number of alkyl halides is 1. The van der Waals surface area contributed by atoms with Gasteiger partial charge in [-0.15, -0.1) is 11.6 Å². The first-order valence-corrected chi connectivity index (χ1v) is 8.82. The Kier molecular flexibility index (Phi) is 4.87. The highest BCUT2D eigenvalue weighted by molar-refractivity contribution is 6.55. The van der Waals surface area contributed by atoms with Crippen molar-refractivity contribution in [3.8, 4) is 0 Å². The molecule has 1 aliphatic carbocycles. The molecule has 128 valence electrons. The number of carbonyl (C=O) groups is 3. The molecule has 0 fully saturated rings. The van der Waals surface area contributed by atoms with Crippen molar-refractivity contribution in [1.82, 2.24) is 0 Å². The second-order valence-electron chi connectivity index (χ2n) is 6.37. The molecule has 2 aromatic carbocycles. The molecule has 1 unspecified atom stereocenters. The fourth-order valence-corrected chi connectivity index (χ4v) is 3.88. The fraction of sp³-hybridized carbons (Fsp3) is 0.286. The number of carbonyl (C=O) groups excluding carboxylic acids is 3. The summed E-state index contributed by atoms with van der Waals surface area (Å²) in [6.45, 7) is 1.92. The number of rotatable bonds is 6. The molecule has 0 saturated heterocycles. The van der Waals surface area contributed by atoms with E-state index in [1.807, 2.05) is 37.3 Å². The van der Waals surface area contributed by atoms with Crippen LogP contribution in [-0.4, -0.2) is 22.2 Å². The molecule has 1 aliphatic rings. The number of hydrogen-bond donors (Lipinski definition) is 0. The van der Waals surface area contributed by atoms with E-state index in [-0.39, 0.29) is 12.2 Å². The van der Waals surface area contributed by atoms with Gasteiger partial charge in [0.05, 0.1) is 0 Å². The lowest BCUT2D eigenvalue weighted by Gasteiger charge is -2.29. The van der Waals surface area contributed by atoms with Gasteiger partial charge in [-0.2, -0.15) is 0 Å². The highest BCUT2D eigenvalue weighted by atomic mass is 35.5. The SMILES string of the molecule is CCCC(=O)CC(c1ccccc1)C1(Cl)C(=O)c2ccccc2C1=O. The van der Waals surface area contributed by atoms with Crippen molar-refractivity contribution >= 4 is 29.0 Å². The van der Waals surface area contributed by atoms with E-state index in [1.54, 1.807) is 24.3 Å². The third kappa shape index (κ3) is 2.93. The zero-order chi connectivity index (χ0) is 18.0. The van der Waals surface area contributed by atoms with E-state index < -0.39 is 22.4 Å². The van der Waals surface area contributed by atoms with Gasteiger partial charge in [0, 0.05) is 29.9 Å². The monoisotopic (exact) mass is 354 g/mol. The van der Waals surface area contributed by atoms with E-state index in [0.29, 0.717) is 17.5 Å². The van der Waals surface area contributed by atoms with Gasteiger partial charge in [0.15, 0.2) is 16.4 Å². The van der Waals surface area contributed by atoms with Gasteiger partial charge in [-0.05, 0) is 12.0 Å². The van der Waals surface area contributed by atoms with Gasteiger partial charge < -0.3 is 0 Å². The van der Waals surface area contributed by atoms with Crippen molar-refractivity contribution in [2.45, 2.75) is 37.0 Å². The average molecular weight is 355 g/mol. The molecular formula is C21H19ClO3. The minimum atomic E-state index is -1.76. The van der Waals surface area contributed by atoms with E-state index in [0.717, 1.165) is 12.0 Å². The van der Waals surface area contributed by atoms with Crippen LogP contribution in [0, 0.1) is 0 Å². The maximum Gasteiger partial charge on any atom is 0.193 e. The third-order valence-corrected chi connectivity index (χ3v) is 5.33. The summed E-state index contributed by atoms with van der Waals surface area (Å²) in [4.78, 5) is 36.6. The number of halogens is 1. The van der Waals surface area contributed by atoms with Crippen LogP contribution in [0.1, 0.15) is 58.4 Å². The van der Waals surface area contributed by atoms with Crippen molar-refractivity contribution in [1.29, 1.82) is 0 Å². The van der Waals surface area contributed by atoms with Gasteiger partial charge in [0.2, 0.25) is 0 Å². The van der Waals surface area contributed by atoms with Gasteiger partial charge in [-0.3, -0.25) is 14.4 Å². The molecule has 0 saturated carbocycles. The van der Waals surface area contributed by atoms with Crippen LogP contribution in [0.3, 0.4) is 0 Å². The van der Waals surface area contributed by atoms with Gasteiger partial charge >= 0.3 is 0 Å². The molecular weight excluding hydrogens is 336 g/mol. The summed E-state index contributed by atoms with van der Waals surface area (Å²) in [6, 6.07) is 15.8. The van der Waals surface area contributed by atoms with Crippen molar-refractivity contribution in [2.24, 2.45) is 0 Å². The largest absolute Gasteiger partial charge is 0.300 e. The second kappa shape index (κ2) is 6.93. The van der Waals surface area contributed by atoms with Crippen LogP contribution in [0.4, 0.5) is 0 Å². The first kappa shape index (κ1) is 17.6. The van der Waals surface area contributed by atoms with Crippen LogP contribution in [0.2, 0.25) is 0 Å².